The summed E-state index contributed by atoms with van der Waals surface area (Å²) in [5, 5.41) is 19.6. The Labute approximate surface area is 228 Å². The van der Waals surface area contributed by atoms with E-state index in [0.717, 1.165) is 22.3 Å². The number of aromatic nitrogens is 1. The monoisotopic (exact) mass is 529 g/mol. The van der Waals surface area contributed by atoms with Gasteiger partial charge in [0.05, 0.1) is 33.0 Å². The second kappa shape index (κ2) is 13.7. The highest BCUT2D eigenvalue weighted by molar-refractivity contribution is 5.24. The van der Waals surface area contributed by atoms with Crippen LogP contribution in [0, 0.1) is 0 Å². The first-order valence-corrected chi connectivity index (χ1v) is 13.3. The molecule has 7 nitrogen and oxygen atoms in total. The number of nitrogens with one attached hydrogen (secondary N) is 1. The molecule has 7 heteroatoms. The lowest BCUT2D eigenvalue weighted by Crippen LogP contribution is -2.37. The molecule has 0 aliphatic carbocycles. The minimum atomic E-state index is -1.00. The molecule has 5 rings (SSSR count). The zero-order valence-electron chi connectivity index (χ0n) is 21.8. The second-order valence-corrected chi connectivity index (χ2v) is 9.71. The van der Waals surface area contributed by atoms with Crippen LogP contribution in [0.15, 0.2) is 103 Å². The van der Waals surface area contributed by atoms with E-state index in [1.807, 2.05) is 97.1 Å². The molecule has 1 saturated heterocycles. The normalized spacial score (nSPS) is 21.7. The van der Waals surface area contributed by atoms with Gasteiger partial charge < -0.3 is 34.1 Å². The summed E-state index contributed by atoms with van der Waals surface area (Å²) in [4.78, 5) is 3.06. The van der Waals surface area contributed by atoms with Crippen LogP contribution in [0.5, 0.6) is 0 Å². The lowest BCUT2D eigenvalue weighted by molar-refractivity contribution is -0.0898. The number of hydrogen-bond acceptors (Lipinski definition) is 6. The molecule has 0 amide bonds. The summed E-state index contributed by atoms with van der Waals surface area (Å²) in [5.74, 6) is 0. The van der Waals surface area contributed by atoms with Gasteiger partial charge in [0.25, 0.3) is 0 Å². The Hall–Kier alpha value is -3.30. The van der Waals surface area contributed by atoms with Crippen molar-refractivity contribution in [3.05, 3.63) is 131 Å². The maximum absolute atomic E-state index is 10.1. The molecule has 0 saturated carbocycles. The van der Waals surface area contributed by atoms with Crippen molar-refractivity contribution in [2.45, 2.75) is 50.3 Å². The molecule has 3 N–H and O–H groups in total. The molecule has 1 fully saturated rings. The second-order valence-electron chi connectivity index (χ2n) is 9.71. The molecular formula is C32H35NO6. The first-order chi connectivity index (χ1) is 19.2. The number of aromatic amines is 1. The number of hydrogen-bond donors (Lipinski definition) is 3. The van der Waals surface area contributed by atoms with Crippen LogP contribution in [-0.2, 0) is 38.8 Å². The van der Waals surface area contributed by atoms with Crippen molar-refractivity contribution in [1.29, 1.82) is 0 Å². The molecule has 2 heterocycles. The van der Waals surface area contributed by atoms with Crippen LogP contribution in [0.25, 0.3) is 0 Å². The van der Waals surface area contributed by atoms with Gasteiger partial charge in [-0.1, -0.05) is 91.0 Å². The summed E-state index contributed by atoms with van der Waals surface area (Å²) in [5.41, 5.74) is 4.52. The largest absolute Gasteiger partial charge is 0.393 e. The Kier molecular flexibility index (Phi) is 9.56. The van der Waals surface area contributed by atoms with Gasteiger partial charge in [-0.15, -0.1) is 0 Å². The Balaban J connectivity index is 1.38. The van der Waals surface area contributed by atoms with E-state index in [2.05, 4.69) is 4.98 Å². The van der Waals surface area contributed by atoms with E-state index in [-0.39, 0.29) is 12.7 Å². The first kappa shape index (κ1) is 27.3. The quantitative estimate of drug-likeness (QED) is 0.229. The first-order valence-electron chi connectivity index (χ1n) is 13.3. The van der Waals surface area contributed by atoms with Crippen molar-refractivity contribution in [2.75, 3.05) is 13.2 Å². The zero-order valence-corrected chi connectivity index (χ0v) is 21.8. The minimum absolute atomic E-state index is 0.326. The van der Waals surface area contributed by atoms with Gasteiger partial charge in [-0.25, -0.2) is 0 Å². The summed E-state index contributed by atoms with van der Waals surface area (Å²) in [6.45, 7) is 1.21. The number of aliphatic hydroxyl groups excluding tert-OH is 2. The van der Waals surface area contributed by atoms with Crippen LogP contribution >= 0.6 is 0 Å². The molecular weight excluding hydrogens is 494 g/mol. The van der Waals surface area contributed by atoms with Gasteiger partial charge in [0.15, 0.2) is 0 Å². The third-order valence-corrected chi connectivity index (χ3v) is 6.86. The van der Waals surface area contributed by atoms with Gasteiger partial charge in [-0.2, -0.15) is 0 Å². The number of H-pyrrole nitrogens is 1. The molecule has 1 aliphatic heterocycles. The molecule has 1 aliphatic rings. The molecule has 39 heavy (non-hydrogen) atoms. The van der Waals surface area contributed by atoms with Gasteiger partial charge in [0, 0.05) is 17.5 Å². The van der Waals surface area contributed by atoms with Gasteiger partial charge in [-0.05, 0) is 22.8 Å². The van der Waals surface area contributed by atoms with E-state index in [0.29, 0.717) is 32.1 Å². The number of aliphatic hydroxyl groups is 2. The third-order valence-electron chi connectivity index (χ3n) is 6.86. The molecule has 4 aromatic rings. The molecule has 0 spiro atoms. The van der Waals surface area contributed by atoms with Crippen LogP contribution in [-0.4, -0.2) is 46.7 Å². The molecule has 1 unspecified atom stereocenters. The van der Waals surface area contributed by atoms with Crippen molar-refractivity contribution >= 4 is 0 Å². The lowest BCUT2D eigenvalue weighted by Gasteiger charge is -2.25. The van der Waals surface area contributed by atoms with Crippen molar-refractivity contribution < 1.29 is 29.2 Å². The van der Waals surface area contributed by atoms with E-state index in [9.17, 15) is 10.2 Å². The highest BCUT2D eigenvalue weighted by atomic mass is 16.6. The van der Waals surface area contributed by atoms with Crippen LogP contribution in [0.4, 0.5) is 0 Å². The van der Waals surface area contributed by atoms with Crippen LogP contribution in [0.2, 0.25) is 0 Å². The van der Waals surface area contributed by atoms with Crippen LogP contribution in [0.3, 0.4) is 0 Å². The fourth-order valence-corrected chi connectivity index (χ4v) is 4.80. The SMILES string of the molecule is OCC(O)c1cc([C@@H]2O[C@H](COCc3ccccc3)[C@@H](OCc3ccccc3)[C@H]2OCc2ccccc2)c[nH]1. The Morgan fingerprint density at radius 1 is 0.744 bits per heavy atom. The lowest BCUT2D eigenvalue weighted by atomic mass is 10.0. The zero-order chi connectivity index (χ0) is 26.9. The maximum atomic E-state index is 10.1. The average molecular weight is 530 g/mol. The topological polar surface area (TPSA) is 93.2 Å². The number of ether oxygens (including phenoxy) is 4. The molecule has 0 bridgehead atoms. The smallest absolute Gasteiger partial charge is 0.117 e. The van der Waals surface area contributed by atoms with Crippen LogP contribution in [0.1, 0.15) is 40.2 Å². The summed E-state index contributed by atoms with van der Waals surface area (Å²) >= 11 is 0. The Bertz CT molecular complexity index is 1250. The highest BCUT2D eigenvalue weighted by Crippen LogP contribution is 2.39. The van der Waals surface area contributed by atoms with E-state index in [4.69, 9.17) is 18.9 Å². The van der Waals surface area contributed by atoms with Gasteiger partial charge in [0.1, 0.15) is 30.5 Å². The van der Waals surface area contributed by atoms with Gasteiger partial charge in [-0.3, -0.25) is 0 Å². The Morgan fingerprint density at radius 3 is 1.85 bits per heavy atom. The maximum Gasteiger partial charge on any atom is 0.117 e. The molecule has 1 aromatic heterocycles. The number of benzene rings is 3. The molecule has 3 aromatic carbocycles. The summed E-state index contributed by atoms with van der Waals surface area (Å²) in [7, 11) is 0. The van der Waals surface area contributed by atoms with Crippen molar-refractivity contribution in [3.8, 4) is 0 Å². The Morgan fingerprint density at radius 2 is 1.28 bits per heavy atom. The third kappa shape index (κ3) is 7.22. The predicted molar refractivity (Wildman–Crippen MR) is 147 cm³/mol. The summed E-state index contributed by atoms with van der Waals surface area (Å²) < 4.78 is 25.7. The molecule has 0 radical (unpaired) electrons. The van der Waals surface area contributed by atoms with Crippen molar-refractivity contribution in [1.82, 2.24) is 4.98 Å². The standard InChI is InChI=1S/C32H35NO6/c34-18-28(35)27-16-26(17-33-27)30-32(38-21-25-14-8-3-9-15-25)31(37-20-24-12-6-2-7-13-24)29(39-30)22-36-19-23-10-4-1-5-11-23/h1-17,28-35H,18-22H2/t28?,29-,30+,31-,32+/m1/s1. The molecule has 5 atom stereocenters. The van der Waals surface area contributed by atoms with Crippen LogP contribution < -0.4 is 0 Å². The fraction of sp³-hybridized carbons (Fsp3) is 0.312. The summed E-state index contributed by atoms with van der Waals surface area (Å²) in [6, 6.07) is 31.9. The predicted octanol–water partition coefficient (Wildman–Crippen LogP) is 4.87. The van der Waals surface area contributed by atoms with E-state index in [1.54, 1.807) is 6.20 Å². The van der Waals surface area contributed by atoms with E-state index < -0.39 is 24.4 Å². The highest BCUT2D eigenvalue weighted by Gasteiger charge is 2.47. The minimum Gasteiger partial charge on any atom is -0.393 e. The molecule has 204 valence electrons. The van der Waals surface area contributed by atoms with Gasteiger partial charge in [0.2, 0.25) is 0 Å². The number of rotatable bonds is 13. The van der Waals surface area contributed by atoms with E-state index >= 15 is 0 Å². The van der Waals surface area contributed by atoms with Gasteiger partial charge >= 0.3 is 0 Å². The van der Waals surface area contributed by atoms with Crippen molar-refractivity contribution in [2.24, 2.45) is 0 Å². The fourth-order valence-electron chi connectivity index (χ4n) is 4.80. The summed E-state index contributed by atoms with van der Waals surface area (Å²) in [6.07, 6.45) is -0.900. The average Bonchev–Trinajstić information content (AvgIpc) is 3.61. The van der Waals surface area contributed by atoms with Crippen molar-refractivity contribution in [3.63, 3.8) is 0 Å². The van der Waals surface area contributed by atoms with E-state index in [1.165, 1.54) is 0 Å².